The molecule has 144 valence electrons. The molecular formula is C20H23Cl2N3O2. The number of nitrogens with zero attached hydrogens (tertiary/aromatic N) is 1. The summed E-state index contributed by atoms with van der Waals surface area (Å²) in [4.78, 5) is 14.5. The molecule has 7 heteroatoms. The summed E-state index contributed by atoms with van der Waals surface area (Å²) in [5, 5.41) is 7.26. The number of carbonyl (C=O) groups is 1. The van der Waals surface area contributed by atoms with Crippen LogP contribution in [0.25, 0.3) is 0 Å². The zero-order valence-corrected chi connectivity index (χ0v) is 16.7. The van der Waals surface area contributed by atoms with Crippen LogP contribution in [0.4, 0.5) is 11.4 Å². The lowest BCUT2D eigenvalue weighted by atomic mass is 10.1. The second kappa shape index (κ2) is 9.42. The lowest BCUT2D eigenvalue weighted by Gasteiger charge is -2.28. The maximum Gasteiger partial charge on any atom is 0.238 e. The van der Waals surface area contributed by atoms with Gasteiger partial charge in [-0.1, -0.05) is 29.3 Å². The number of nitrogens with one attached hydrogen (secondary N) is 2. The Labute approximate surface area is 169 Å². The summed E-state index contributed by atoms with van der Waals surface area (Å²) in [5.41, 5.74) is 2.82. The number of halogens is 2. The fourth-order valence-electron chi connectivity index (χ4n) is 2.99. The van der Waals surface area contributed by atoms with Crippen LogP contribution in [0, 0.1) is 0 Å². The van der Waals surface area contributed by atoms with E-state index in [0.717, 1.165) is 43.2 Å². The molecule has 1 atom stereocenters. The first-order chi connectivity index (χ1) is 13.0. The van der Waals surface area contributed by atoms with Crippen LogP contribution in [0.3, 0.4) is 0 Å². The van der Waals surface area contributed by atoms with E-state index in [4.69, 9.17) is 27.9 Å². The van der Waals surface area contributed by atoms with Gasteiger partial charge in [-0.05, 0) is 48.9 Å². The van der Waals surface area contributed by atoms with Gasteiger partial charge in [-0.2, -0.15) is 0 Å². The first kappa shape index (κ1) is 20.0. The number of hydrogen-bond acceptors (Lipinski definition) is 4. The van der Waals surface area contributed by atoms with Crippen LogP contribution in [0.15, 0.2) is 42.5 Å². The van der Waals surface area contributed by atoms with Crippen LogP contribution >= 0.6 is 23.2 Å². The smallest absolute Gasteiger partial charge is 0.238 e. The Balaban J connectivity index is 1.50. The van der Waals surface area contributed by atoms with Crippen LogP contribution in [0.5, 0.6) is 0 Å². The van der Waals surface area contributed by atoms with Gasteiger partial charge in [-0.15, -0.1) is 0 Å². The lowest BCUT2D eigenvalue weighted by molar-refractivity contribution is -0.115. The zero-order valence-electron chi connectivity index (χ0n) is 15.2. The van der Waals surface area contributed by atoms with Gasteiger partial charge in [-0.3, -0.25) is 4.79 Å². The van der Waals surface area contributed by atoms with Gasteiger partial charge >= 0.3 is 0 Å². The second-order valence-corrected chi connectivity index (χ2v) is 7.31. The Morgan fingerprint density at radius 3 is 2.52 bits per heavy atom. The molecule has 0 saturated carbocycles. The van der Waals surface area contributed by atoms with Gasteiger partial charge < -0.3 is 20.3 Å². The third kappa shape index (κ3) is 5.59. The molecule has 0 spiro atoms. The van der Waals surface area contributed by atoms with Gasteiger partial charge in [-0.25, -0.2) is 0 Å². The fourth-order valence-corrected chi connectivity index (χ4v) is 3.56. The summed E-state index contributed by atoms with van der Waals surface area (Å²) in [6.45, 7) is 5.42. The van der Waals surface area contributed by atoms with E-state index < -0.39 is 0 Å². The zero-order chi connectivity index (χ0) is 19.2. The van der Waals surface area contributed by atoms with Crippen molar-refractivity contribution >= 4 is 40.5 Å². The molecule has 1 heterocycles. The Morgan fingerprint density at radius 2 is 1.85 bits per heavy atom. The monoisotopic (exact) mass is 407 g/mol. The Kier molecular flexibility index (Phi) is 6.96. The molecular weight excluding hydrogens is 385 g/mol. The Bertz CT molecular complexity index is 777. The van der Waals surface area contributed by atoms with Gasteiger partial charge in [0, 0.05) is 40.6 Å². The van der Waals surface area contributed by atoms with Crippen molar-refractivity contribution in [2.24, 2.45) is 0 Å². The third-order valence-electron chi connectivity index (χ3n) is 4.53. The highest BCUT2D eigenvalue weighted by Crippen LogP contribution is 2.26. The summed E-state index contributed by atoms with van der Waals surface area (Å²) in [6.07, 6.45) is 0. The quantitative estimate of drug-likeness (QED) is 0.755. The van der Waals surface area contributed by atoms with Crippen LogP contribution < -0.4 is 15.5 Å². The summed E-state index contributed by atoms with van der Waals surface area (Å²) in [6, 6.07) is 13.2. The first-order valence-corrected chi connectivity index (χ1v) is 9.69. The van der Waals surface area contributed by atoms with Gasteiger partial charge in [0.15, 0.2) is 0 Å². The number of amides is 1. The van der Waals surface area contributed by atoms with Crippen LogP contribution in [-0.2, 0) is 9.53 Å². The van der Waals surface area contributed by atoms with E-state index in [2.05, 4.69) is 15.5 Å². The topological polar surface area (TPSA) is 53.6 Å². The van der Waals surface area contributed by atoms with E-state index in [0.29, 0.717) is 10.0 Å². The number of morpholine rings is 1. The van der Waals surface area contributed by atoms with Crippen molar-refractivity contribution in [2.75, 3.05) is 43.1 Å². The molecule has 27 heavy (non-hydrogen) atoms. The number of rotatable bonds is 6. The van der Waals surface area contributed by atoms with Gasteiger partial charge in [0.25, 0.3) is 0 Å². The molecule has 1 amide bonds. The molecule has 0 aromatic heterocycles. The largest absolute Gasteiger partial charge is 0.378 e. The van der Waals surface area contributed by atoms with Crippen LogP contribution in [-0.4, -0.2) is 38.8 Å². The normalized spacial score (nSPS) is 15.4. The van der Waals surface area contributed by atoms with Gasteiger partial charge in [0.05, 0.1) is 19.8 Å². The standard InChI is InChI=1S/C20H23Cl2N3O2/c1-14(18-7-2-15(21)12-19(18)22)23-13-20(26)24-16-3-5-17(6-4-16)25-8-10-27-11-9-25/h2-7,12,14,23H,8-11,13H2,1H3,(H,24,26)/t14-/m1/s1. The minimum absolute atomic E-state index is 0.0655. The summed E-state index contributed by atoms with van der Waals surface area (Å²) >= 11 is 12.1. The molecule has 0 aliphatic carbocycles. The van der Waals surface area contributed by atoms with Crippen molar-refractivity contribution in [3.8, 4) is 0 Å². The molecule has 0 bridgehead atoms. The maximum absolute atomic E-state index is 12.2. The molecule has 2 aromatic rings. The average molecular weight is 408 g/mol. The summed E-state index contributed by atoms with van der Waals surface area (Å²) in [5.74, 6) is -0.106. The first-order valence-electron chi connectivity index (χ1n) is 8.94. The summed E-state index contributed by atoms with van der Waals surface area (Å²) < 4.78 is 5.37. The SMILES string of the molecule is C[C@@H](NCC(=O)Nc1ccc(N2CCOCC2)cc1)c1ccc(Cl)cc1Cl. The molecule has 1 saturated heterocycles. The van der Waals surface area contributed by atoms with E-state index in [1.807, 2.05) is 37.3 Å². The molecule has 0 unspecified atom stereocenters. The number of carbonyl (C=O) groups excluding carboxylic acids is 1. The molecule has 2 aromatic carbocycles. The van der Waals surface area contributed by atoms with Gasteiger partial charge in [0.1, 0.15) is 0 Å². The molecule has 0 radical (unpaired) electrons. The fraction of sp³-hybridized carbons (Fsp3) is 0.350. The minimum Gasteiger partial charge on any atom is -0.378 e. The van der Waals surface area contributed by atoms with E-state index >= 15 is 0 Å². The van der Waals surface area contributed by atoms with Crippen molar-refractivity contribution in [3.63, 3.8) is 0 Å². The average Bonchev–Trinajstić information content (AvgIpc) is 2.67. The second-order valence-electron chi connectivity index (χ2n) is 6.46. The molecule has 1 aliphatic heterocycles. The number of anilines is 2. The summed E-state index contributed by atoms with van der Waals surface area (Å²) in [7, 11) is 0. The van der Waals surface area contributed by atoms with Crippen LogP contribution in [0.2, 0.25) is 10.0 Å². The van der Waals surface area contributed by atoms with Crippen molar-refractivity contribution in [3.05, 3.63) is 58.1 Å². The van der Waals surface area contributed by atoms with Crippen molar-refractivity contribution in [1.82, 2.24) is 5.32 Å². The highest BCUT2D eigenvalue weighted by molar-refractivity contribution is 6.35. The minimum atomic E-state index is -0.106. The van der Waals surface area contributed by atoms with E-state index in [1.165, 1.54) is 0 Å². The van der Waals surface area contributed by atoms with Crippen LogP contribution in [0.1, 0.15) is 18.5 Å². The van der Waals surface area contributed by atoms with Crippen molar-refractivity contribution in [2.45, 2.75) is 13.0 Å². The molecule has 3 rings (SSSR count). The highest BCUT2D eigenvalue weighted by atomic mass is 35.5. The van der Waals surface area contributed by atoms with E-state index in [9.17, 15) is 4.79 Å². The van der Waals surface area contributed by atoms with Crippen molar-refractivity contribution < 1.29 is 9.53 Å². The van der Waals surface area contributed by atoms with Gasteiger partial charge in [0.2, 0.25) is 5.91 Å². The Morgan fingerprint density at radius 1 is 1.15 bits per heavy atom. The molecule has 1 fully saturated rings. The maximum atomic E-state index is 12.2. The van der Waals surface area contributed by atoms with E-state index in [-0.39, 0.29) is 18.5 Å². The Hall–Kier alpha value is -1.79. The number of ether oxygens (including phenoxy) is 1. The predicted octanol–water partition coefficient (Wildman–Crippen LogP) is 4.12. The highest BCUT2D eigenvalue weighted by Gasteiger charge is 2.13. The molecule has 1 aliphatic rings. The number of hydrogen-bond donors (Lipinski definition) is 2. The molecule has 5 nitrogen and oxygen atoms in total. The number of benzene rings is 2. The lowest BCUT2D eigenvalue weighted by Crippen LogP contribution is -2.36. The molecule has 2 N–H and O–H groups in total. The van der Waals surface area contributed by atoms with Crippen molar-refractivity contribution in [1.29, 1.82) is 0 Å². The predicted molar refractivity (Wildman–Crippen MR) is 111 cm³/mol. The van der Waals surface area contributed by atoms with E-state index in [1.54, 1.807) is 12.1 Å². The third-order valence-corrected chi connectivity index (χ3v) is 5.09.